The number of carbonyl (C=O) groups is 4. The lowest BCUT2D eigenvalue weighted by Crippen LogP contribution is -2.34. The van der Waals surface area contributed by atoms with Crippen LogP contribution in [0.3, 0.4) is 0 Å². The number of ether oxygens (including phenoxy) is 4. The molecule has 0 saturated carbocycles. The molecule has 0 amide bonds. The monoisotopic (exact) mass is 656 g/mol. The zero-order valence-corrected chi connectivity index (χ0v) is 30.8. The Hall–Kier alpha value is -2.16. The van der Waals surface area contributed by atoms with Gasteiger partial charge in [0.05, 0.1) is 0 Å². The Bertz CT molecular complexity index is 828. The summed E-state index contributed by atoms with van der Waals surface area (Å²) in [5, 5.41) is 0. The Balaban J connectivity index is 3.87. The quantitative estimate of drug-likeness (QED) is 0.0489. The van der Waals surface area contributed by atoms with Gasteiger partial charge in [-0.2, -0.15) is 0 Å². The molecule has 1 atom stereocenters. The first-order valence-electron chi connectivity index (χ1n) is 18.0. The fourth-order valence-electron chi connectivity index (χ4n) is 5.02. The number of hydrogen-bond acceptors (Lipinski definition) is 9. The van der Waals surface area contributed by atoms with Gasteiger partial charge < -0.3 is 23.8 Å². The predicted octanol–water partition coefficient (Wildman–Crippen LogP) is 8.49. The number of rotatable bonds is 27. The number of esters is 4. The summed E-state index contributed by atoms with van der Waals surface area (Å²) in [6.07, 6.45) is 17.5. The number of hydrogen-bond donors (Lipinski definition) is 0. The fraction of sp³-hybridized carbons (Fsp3) is 0.892. The molecule has 0 aromatic heterocycles. The first-order chi connectivity index (χ1) is 21.6. The van der Waals surface area contributed by atoms with Gasteiger partial charge in [0.2, 0.25) is 0 Å². The van der Waals surface area contributed by atoms with Crippen LogP contribution in [0.15, 0.2) is 0 Å². The van der Waals surface area contributed by atoms with Crippen molar-refractivity contribution >= 4 is 23.9 Å². The zero-order chi connectivity index (χ0) is 34.8. The average Bonchev–Trinajstić information content (AvgIpc) is 2.91. The minimum Gasteiger partial charge on any atom is -0.462 e. The lowest BCUT2D eigenvalue weighted by Gasteiger charge is -2.21. The largest absolute Gasteiger partial charge is 0.462 e. The van der Waals surface area contributed by atoms with Crippen LogP contribution < -0.4 is 0 Å². The summed E-state index contributed by atoms with van der Waals surface area (Å²) >= 11 is 0. The third-order valence-electron chi connectivity index (χ3n) is 7.16. The highest BCUT2D eigenvalue weighted by atomic mass is 16.6. The van der Waals surface area contributed by atoms with Crippen LogP contribution in [0, 0.1) is 0 Å². The molecule has 0 bridgehead atoms. The van der Waals surface area contributed by atoms with Crippen LogP contribution in [0.1, 0.15) is 170 Å². The molecule has 0 radical (unpaired) electrons. The minimum atomic E-state index is -0.470. The van der Waals surface area contributed by atoms with Crippen molar-refractivity contribution in [2.24, 2.45) is 0 Å². The van der Waals surface area contributed by atoms with E-state index in [1.165, 1.54) is 0 Å². The van der Waals surface area contributed by atoms with Crippen LogP contribution >= 0.6 is 0 Å². The van der Waals surface area contributed by atoms with Crippen molar-refractivity contribution in [3.63, 3.8) is 0 Å². The molecular formula is C37H69NO8. The molecular weight excluding hydrogens is 586 g/mol. The molecule has 0 aliphatic heterocycles. The van der Waals surface area contributed by atoms with E-state index in [9.17, 15) is 19.2 Å². The van der Waals surface area contributed by atoms with Crippen molar-refractivity contribution in [1.82, 2.24) is 4.90 Å². The molecule has 0 aromatic carbocycles. The predicted molar refractivity (Wildman–Crippen MR) is 183 cm³/mol. The van der Waals surface area contributed by atoms with Crippen molar-refractivity contribution in [1.29, 1.82) is 0 Å². The SMILES string of the molecule is CN(C)CC(COC(=O)CCCCCCCCCCC(=O)OC(C)(C)C)OC(=O)CCCCCCCCCCC(=O)OC(C)(C)C. The molecule has 9 heteroatoms. The van der Waals surface area contributed by atoms with Crippen molar-refractivity contribution in [2.75, 3.05) is 27.2 Å². The Labute approximate surface area is 281 Å². The molecule has 0 aromatic rings. The fourth-order valence-corrected chi connectivity index (χ4v) is 5.02. The van der Waals surface area contributed by atoms with E-state index < -0.39 is 17.3 Å². The second-order valence-corrected chi connectivity index (χ2v) is 14.9. The maximum absolute atomic E-state index is 12.4. The number of likely N-dealkylation sites (N-methyl/N-ethyl adjacent to an activating group) is 1. The molecule has 0 rings (SSSR count). The highest BCUT2D eigenvalue weighted by Gasteiger charge is 2.19. The second kappa shape index (κ2) is 25.9. The van der Waals surface area contributed by atoms with E-state index in [0.717, 1.165) is 103 Å². The summed E-state index contributed by atoms with van der Waals surface area (Å²) in [6.45, 7) is 11.9. The molecule has 46 heavy (non-hydrogen) atoms. The van der Waals surface area contributed by atoms with Gasteiger partial charge in [0.1, 0.15) is 23.9 Å². The molecule has 0 heterocycles. The van der Waals surface area contributed by atoms with Crippen LogP contribution in [-0.4, -0.2) is 73.3 Å². The summed E-state index contributed by atoms with van der Waals surface area (Å²) in [5.74, 6) is -0.725. The lowest BCUT2D eigenvalue weighted by atomic mass is 10.1. The van der Waals surface area contributed by atoms with Crippen molar-refractivity contribution in [3.05, 3.63) is 0 Å². The zero-order valence-electron chi connectivity index (χ0n) is 30.8. The van der Waals surface area contributed by atoms with Crippen molar-refractivity contribution < 1.29 is 38.1 Å². The summed E-state index contributed by atoms with van der Waals surface area (Å²) in [7, 11) is 3.81. The van der Waals surface area contributed by atoms with Crippen molar-refractivity contribution in [2.45, 2.75) is 187 Å². The molecule has 0 N–H and O–H groups in total. The van der Waals surface area contributed by atoms with Crippen LogP contribution in [-0.2, 0) is 38.1 Å². The van der Waals surface area contributed by atoms with Gasteiger partial charge in [-0.05, 0) is 81.3 Å². The van der Waals surface area contributed by atoms with Gasteiger partial charge in [-0.1, -0.05) is 77.0 Å². The maximum atomic E-state index is 12.4. The molecule has 1 unspecified atom stereocenters. The number of nitrogens with zero attached hydrogens (tertiary/aromatic N) is 1. The highest BCUT2D eigenvalue weighted by Crippen LogP contribution is 2.15. The van der Waals surface area contributed by atoms with Gasteiger partial charge >= 0.3 is 23.9 Å². The summed E-state index contributed by atoms with van der Waals surface area (Å²) in [4.78, 5) is 50.1. The van der Waals surface area contributed by atoms with E-state index in [1.54, 1.807) is 0 Å². The molecule has 0 fully saturated rings. The maximum Gasteiger partial charge on any atom is 0.306 e. The molecule has 0 aliphatic rings. The van der Waals surface area contributed by atoms with E-state index in [2.05, 4.69) is 0 Å². The molecule has 9 nitrogen and oxygen atoms in total. The van der Waals surface area contributed by atoms with Gasteiger partial charge in [0, 0.05) is 32.2 Å². The van der Waals surface area contributed by atoms with E-state index in [-0.39, 0.29) is 30.5 Å². The van der Waals surface area contributed by atoms with Crippen LogP contribution in [0.2, 0.25) is 0 Å². The Morgan fingerprint density at radius 2 is 0.783 bits per heavy atom. The van der Waals surface area contributed by atoms with Crippen LogP contribution in [0.25, 0.3) is 0 Å². The third-order valence-corrected chi connectivity index (χ3v) is 7.16. The molecule has 0 spiro atoms. The van der Waals surface area contributed by atoms with Gasteiger partial charge in [-0.15, -0.1) is 0 Å². The Morgan fingerprint density at radius 1 is 0.478 bits per heavy atom. The standard InChI is InChI=1S/C37H69NO8/c1-36(2,3)45-34(41)27-23-19-15-11-9-13-17-21-25-32(39)43-30-31(29-38(7)8)44-33(40)26-22-18-14-10-12-16-20-24-28-35(42)46-37(4,5)6/h31H,9-30H2,1-8H3. The Morgan fingerprint density at radius 3 is 1.11 bits per heavy atom. The van der Waals surface area contributed by atoms with Crippen LogP contribution in [0.4, 0.5) is 0 Å². The van der Waals surface area contributed by atoms with Gasteiger partial charge in [-0.3, -0.25) is 19.2 Å². The smallest absolute Gasteiger partial charge is 0.306 e. The summed E-state index contributed by atoms with van der Waals surface area (Å²) in [5.41, 5.74) is -0.833. The average molecular weight is 656 g/mol. The normalized spacial score (nSPS) is 12.5. The van der Waals surface area contributed by atoms with Gasteiger partial charge in [-0.25, -0.2) is 0 Å². The molecule has 270 valence electrons. The van der Waals surface area contributed by atoms with Crippen LogP contribution in [0.5, 0.6) is 0 Å². The van der Waals surface area contributed by atoms with E-state index in [4.69, 9.17) is 18.9 Å². The van der Waals surface area contributed by atoms with E-state index in [0.29, 0.717) is 32.2 Å². The minimum absolute atomic E-state index is 0.0833. The van der Waals surface area contributed by atoms with Gasteiger partial charge in [0.25, 0.3) is 0 Å². The Kier molecular flexibility index (Phi) is 24.7. The summed E-state index contributed by atoms with van der Waals surface area (Å²) in [6, 6.07) is 0. The molecule has 0 saturated heterocycles. The topological polar surface area (TPSA) is 108 Å². The second-order valence-electron chi connectivity index (χ2n) is 14.9. The van der Waals surface area contributed by atoms with Gasteiger partial charge in [0.15, 0.2) is 0 Å². The first kappa shape index (κ1) is 43.8. The third kappa shape index (κ3) is 31.8. The number of unbranched alkanes of at least 4 members (excludes halogenated alkanes) is 14. The lowest BCUT2D eigenvalue weighted by molar-refractivity contribution is -0.160. The van der Waals surface area contributed by atoms with Crippen molar-refractivity contribution in [3.8, 4) is 0 Å². The summed E-state index contributed by atoms with van der Waals surface area (Å²) < 4.78 is 21.8. The van der Waals surface area contributed by atoms with E-state index >= 15 is 0 Å². The first-order valence-corrected chi connectivity index (χ1v) is 18.0. The molecule has 0 aliphatic carbocycles. The van der Waals surface area contributed by atoms with E-state index in [1.807, 2.05) is 60.5 Å². The highest BCUT2D eigenvalue weighted by molar-refractivity contribution is 5.71. The number of carbonyl (C=O) groups excluding carboxylic acids is 4.